The van der Waals surface area contributed by atoms with Crippen LogP contribution in [-0.2, 0) is 16.0 Å². The van der Waals surface area contributed by atoms with Crippen molar-refractivity contribution in [2.75, 3.05) is 6.61 Å². The third-order valence-corrected chi connectivity index (χ3v) is 2.54. The maximum absolute atomic E-state index is 12.1. The van der Waals surface area contributed by atoms with Crippen molar-refractivity contribution < 1.29 is 32.6 Å². The smallest absolute Gasteiger partial charge is 0.471 e. The van der Waals surface area contributed by atoms with E-state index in [9.17, 15) is 22.8 Å². The molecule has 0 fully saturated rings. The number of alkyl halides is 3. The summed E-state index contributed by atoms with van der Waals surface area (Å²) in [5, 5.41) is 10.3. The second-order valence-electron chi connectivity index (χ2n) is 4.14. The molecular weight excluding hydrogens is 291 g/mol. The number of hydrogen-bond acceptors (Lipinski definition) is 3. The fourth-order valence-corrected chi connectivity index (χ4v) is 1.56. The molecule has 1 rings (SSSR count). The van der Waals surface area contributed by atoms with Crippen molar-refractivity contribution in [3.05, 3.63) is 29.8 Å². The third kappa shape index (κ3) is 5.33. The Morgan fingerprint density at radius 3 is 2.29 bits per heavy atom. The summed E-state index contributed by atoms with van der Waals surface area (Å²) in [7, 11) is 0. The molecule has 1 amide bonds. The van der Waals surface area contributed by atoms with Crippen molar-refractivity contribution in [1.29, 1.82) is 0 Å². The second kappa shape index (κ2) is 6.96. The summed E-state index contributed by atoms with van der Waals surface area (Å²) in [6.45, 7) is 2.25. The SMILES string of the molecule is CCOc1ccc(CC(NC(=O)C(F)(F)F)C(=O)O)cc1. The van der Waals surface area contributed by atoms with Crippen LogP contribution in [0.2, 0.25) is 0 Å². The van der Waals surface area contributed by atoms with Gasteiger partial charge in [0.1, 0.15) is 11.8 Å². The number of carboxylic acids is 1. The minimum atomic E-state index is -5.12. The maximum atomic E-state index is 12.1. The number of amides is 1. The predicted octanol–water partition coefficient (Wildman–Crippen LogP) is 1.76. The van der Waals surface area contributed by atoms with Gasteiger partial charge >= 0.3 is 18.1 Å². The normalized spacial score (nSPS) is 12.6. The molecule has 116 valence electrons. The summed E-state index contributed by atoms with van der Waals surface area (Å²) in [4.78, 5) is 21.7. The van der Waals surface area contributed by atoms with E-state index in [4.69, 9.17) is 9.84 Å². The number of halogens is 3. The lowest BCUT2D eigenvalue weighted by Crippen LogP contribution is -2.47. The van der Waals surface area contributed by atoms with Crippen LogP contribution >= 0.6 is 0 Å². The van der Waals surface area contributed by atoms with Crippen molar-refractivity contribution in [2.24, 2.45) is 0 Å². The summed E-state index contributed by atoms with van der Waals surface area (Å²) in [5.41, 5.74) is 0.466. The number of carbonyl (C=O) groups excluding carboxylic acids is 1. The predicted molar refractivity (Wildman–Crippen MR) is 66.9 cm³/mol. The minimum Gasteiger partial charge on any atom is -0.494 e. The molecule has 8 heteroatoms. The van der Waals surface area contributed by atoms with Crippen LogP contribution in [0.4, 0.5) is 13.2 Å². The third-order valence-electron chi connectivity index (χ3n) is 2.54. The van der Waals surface area contributed by atoms with Gasteiger partial charge in [-0.1, -0.05) is 12.1 Å². The molecule has 5 nitrogen and oxygen atoms in total. The highest BCUT2D eigenvalue weighted by Gasteiger charge is 2.40. The summed E-state index contributed by atoms with van der Waals surface area (Å²) in [5.74, 6) is -3.25. The van der Waals surface area contributed by atoms with Crippen LogP contribution in [0.15, 0.2) is 24.3 Å². The average molecular weight is 305 g/mol. The molecule has 0 bridgehead atoms. The van der Waals surface area contributed by atoms with Crippen molar-refractivity contribution in [2.45, 2.75) is 25.6 Å². The van der Waals surface area contributed by atoms with Crippen LogP contribution in [0.5, 0.6) is 5.75 Å². The van der Waals surface area contributed by atoms with Gasteiger partial charge in [-0.2, -0.15) is 13.2 Å². The number of ether oxygens (including phenoxy) is 1. The molecule has 0 spiro atoms. The minimum absolute atomic E-state index is 0.260. The van der Waals surface area contributed by atoms with Crippen molar-refractivity contribution in [1.82, 2.24) is 5.32 Å². The monoisotopic (exact) mass is 305 g/mol. The Kier molecular flexibility index (Phi) is 5.57. The zero-order valence-corrected chi connectivity index (χ0v) is 11.1. The van der Waals surface area contributed by atoms with E-state index < -0.39 is 24.1 Å². The zero-order chi connectivity index (χ0) is 16.0. The first kappa shape index (κ1) is 16.8. The Morgan fingerprint density at radius 1 is 1.29 bits per heavy atom. The molecule has 0 radical (unpaired) electrons. The zero-order valence-electron chi connectivity index (χ0n) is 11.1. The second-order valence-corrected chi connectivity index (χ2v) is 4.14. The highest BCUT2D eigenvalue weighted by molar-refractivity contribution is 5.87. The molecule has 1 atom stereocenters. The summed E-state index contributed by atoms with van der Waals surface area (Å²) in [6, 6.07) is 4.55. The fourth-order valence-electron chi connectivity index (χ4n) is 1.56. The molecule has 0 saturated carbocycles. The van der Waals surface area contributed by atoms with Crippen molar-refractivity contribution in [3.8, 4) is 5.75 Å². The van der Waals surface area contributed by atoms with Crippen LogP contribution < -0.4 is 10.1 Å². The van der Waals surface area contributed by atoms with Gasteiger partial charge in [0.2, 0.25) is 0 Å². The van der Waals surface area contributed by atoms with Gasteiger partial charge < -0.3 is 15.2 Å². The highest BCUT2D eigenvalue weighted by atomic mass is 19.4. The van der Waals surface area contributed by atoms with E-state index in [2.05, 4.69) is 0 Å². The molecule has 0 aliphatic rings. The van der Waals surface area contributed by atoms with Gasteiger partial charge in [-0.15, -0.1) is 0 Å². The maximum Gasteiger partial charge on any atom is 0.471 e. The van der Waals surface area contributed by atoms with Gasteiger partial charge in [-0.3, -0.25) is 4.79 Å². The standard InChI is InChI=1S/C13H14F3NO4/c1-2-21-9-5-3-8(4-6-9)7-10(11(18)19)17-12(20)13(14,15)16/h3-6,10H,2,7H2,1H3,(H,17,20)(H,18,19). The number of hydrogen-bond donors (Lipinski definition) is 2. The first-order valence-corrected chi connectivity index (χ1v) is 6.06. The van der Waals surface area contributed by atoms with Crippen LogP contribution in [0, 0.1) is 0 Å². The van der Waals surface area contributed by atoms with E-state index in [1.165, 1.54) is 17.4 Å². The van der Waals surface area contributed by atoms with Gasteiger partial charge in [0, 0.05) is 6.42 Å². The Morgan fingerprint density at radius 2 is 1.86 bits per heavy atom. The first-order chi connectivity index (χ1) is 9.74. The Balaban J connectivity index is 2.75. The summed E-state index contributed by atoms with van der Waals surface area (Å²) >= 11 is 0. The topological polar surface area (TPSA) is 75.6 Å². The molecule has 2 N–H and O–H groups in total. The lowest BCUT2D eigenvalue weighted by molar-refractivity contribution is -0.175. The van der Waals surface area contributed by atoms with Crippen LogP contribution in [0.1, 0.15) is 12.5 Å². The van der Waals surface area contributed by atoms with E-state index in [1.54, 1.807) is 19.1 Å². The molecule has 0 aliphatic carbocycles. The molecule has 1 aromatic rings. The van der Waals surface area contributed by atoms with Gasteiger partial charge in [-0.05, 0) is 24.6 Å². The quantitative estimate of drug-likeness (QED) is 0.839. The Labute approximate surface area is 118 Å². The van der Waals surface area contributed by atoms with Crippen molar-refractivity contribution in [3.63, 3.8) is 0 Å². The lowest BCUT2D eigenvalue weighted by atomic mass is 10.1. The van der Waals surface area contributed by atoms with E-state index in [0.717, 1.165) is 0 Å². The molecule has 1 aromatic carbocycles. The molecule has 0 saturated heterocycles. The number of carbonyl (C=O) groups is 2. The Hall–Kier alpha value is -2.25. The van der Waals surface area contributed by atoms with Gasteiger partial charge in [0.05, 0.1) is 6.61 Å². The van der Waals surface area contributed by atoms with Gasteiger partial charge in [-0.25, -0.2) is 4.79 Å². The van der Waals surface area contributed by atoms with E-state index in [0.29, 0.717) is 17.9 Å². The average Bonchev–Trinajstić information content (AvgIpc) is 2.39. The summed E-state index contributed by atoms with van der Waals surface area (Å²) in [6.07, 6.45) is -5.38. The number of aliphatic carboxylic acids is 1. The van der Waals surface area contributed by atoms with Crippen molar-refractivity contribution >= 4 is 11.9 Å². The van der Waals surface area contributed by atoms with Crippen LogP contribution in [0.25, 0.3) is 0 Å². The van der Waals surface area contributed by atoms with E-state index in [-0.39, 0.29) is 6.42 Å². The Bertz CT molecular complexity index is 499. The van der Waals surface area contributed by atoms with Crippen LogP contribution in [-0.4, -0.2) is 35.8 Å². The van der Waals surface area contributed by atoms with E-state index >= 15 is 0 Å². The molecule has 21 heavy (non-hydrogen) atoms. The lowest BCUT2D eigenvalue weighted by Gasteiger charge is -2.16. The largest absolute Gasteiger partial charge is 0.494 e. The number of rotatable bonds is 6. The fraction of sp³-hybridized carbons (Fsp3) is 0.385. The van der Waals surface area contributed by atoms with Gasteiger partial charge in [0.25, 0.3) is 0 Å². The molecule has 0 aromatic heterocycles. The number of nitrogens with one attached hydrogen (secondary N) is 1. The first-order valence-electron chi connectivity index (χ1n) is 6.06. The molecule has 0 aliphatic heterocycles. The van der Waals surface area contributed by atoms with Crippen LogP contribution in [0.3, 0.4) is 0 Å². The molecule has 0 heterocycles. The van der Waals surface area contributed by atoms with Gasteiger partial charge in [0.15, 0.2) is 0 Å². The number of benzene rings is 1. The highest BCUT2D eigenvalue weighted by Crippen LogP contribution is 2.16. The van der Waals surface area contributed by atoms with E-state index in [1.807, 2.05) is 0 Å². The molecular formula is C13H14F3NO4. The summed E-state index contributed by atoms with van der Waals surface area (Å²) < 4.78 is 41.6. The molecule has 1 unspecified atom stereocenters. The number of carboxylic acid groups (broad SMARTS) is 1.